The maximum absolute atomic E-state index is 15.4. The monoisotopic (exact) mass is 596 g/mol. The first-order chi connectivity index (χ1) is 20.3. The van der Waals surface area contributed by atoms with Crippen LogP contribution < -0.4 is 4.74 Å². The Kier molecular flexibility index (Phi) is 7.82. The summed E-state index contributed by atoms with van der Waals surface area (Å²) in [7, 11) is 0. The number of rotatable bonds is 9. The molecule has 3 heterocycles. The number of hydrogen-bond donors (Lipinski definition) is 2. The molecule has 0 unspecified atom stereocenters. The minimum Gasteiger partial charge on any atom is -0.473 e. The highest BCUT2D eigenvalue weighted by molar-refractivity contribution is 6.30. The smallest absolute Gasteiger partial charge is 0.217 e. The molecule has 1 fully saturated rings. The molecule has 0 aliphatic carbocycles. The molecular formula is C30H24ClF3N4O4. The molecule has 1 atom stereocenters. The van der Waals surface area contributed by atoms with Crippen molar-refractivity contribution in [3.05, 3.63) is 106 Å². The van der Waals surface area contributed by atoms with Gasteiger partial charge in [-0.25, -0.2) is 23.1 Å². The van der Waals surface area contributed by atoms with E-state index in [1.807, 2.05) is 0 Å². The van der Waals surface area contributed by atoms with E-state index in [4.69, 9.17) is 21.1 Å². The van der Waals surface area contributed by atoms with Gasteiger partial charge in [0.2, 0.25) is 5.88 Å². The highest BCUT2D eigenvalue weighted by Gasteiger charge is 2.25. The van der Waals surface area contributed by atoms with Gasteiger partial charge in [-0.2, -0.15) is 4.98 Å². The Morgan fingerprint density at radius 3 is 2.50 bits per heavy atom. The van der Waals surface area contributed by atoms with Crippen LogP contribution in [0.25, 0.3) is 22.4 Å². The first kappa shape index (κ1) is 28.1. The van der Waals surface area contributed by atoms with Crippen molar-refractivity contribution in [2.24, 2.45) is 0 Å². The summed E-state index contributed by atoms with van der Waals surface area (Å²) >= 11 is 5.80. The number of aromatic nitrogens is 4. The molecule has 0 radical (unpaired) electrons. The number of fused-ring (bicyclic) bond motifs is 1. The van der Waals surface area contributed by atoms with Crippen LogP contribution in [0.4, 0.5) is 13.2 Å². The molecule has 5 aromatic rings. The van der Waals surface area contributed by atoms with Crippen LogP contribution in [-0.2, 0) is 24.3 Å². The standard InChI is InChI=1S/C30H24ClF3N4O4/c31-19-4-3-18(23(33)13-19)15-42-26-7-9-35-29(37-26)17-2-1-16(22(32)11-17)12-25-36-24-6-5-21(30(39)40)27(34)28(24)38(25)14-20-8-10-41-20/h1-7,9,11,13,20,30,39-40H,8,10,12,14-15H2/t20-/m0/s1. The molecule has 2 N–H and O–H groups in total. The molecule has 8 nitrogen and oxygen atoms in total. The molecule has 6 rings (SSSR count). The number of imidazole rings is 1. The Bertz CT molecular complexity index is 1780. The van der Waals surface area contributed by atoms with Gasteiger partial charge in [-0.05, 0) is 42.3 Å². The summed E-state index contributed by atoms with van der Waals surface area (Å²) in [6.45, 7) is 0.797. The van der Waals surface area contributed by atoms with Gasteiger partial charge in [0.15, 0.2) is 17.9 Å². The maximum atomic E-state index is 15.4. The van der Waals surface area contributed by atoms with Gasteiger partial charge in [-0.1, -0.05) is 29.8 Å². The van der Waals surface area contributed by atoms with Crippen LogP contribution in [0, 0.1) is 17.5 Å². The van der Waals surface area contributed by atoms with Gasteiger partial charge in [0, 0.05) is 47.0 Å². The normalized spacial score (nSPS) is 14.9. The van der Waals surface area contributed by atoms with Gasteiger partial charge < -0.3 is 24.3 Å². The van der Waals surface area contributed by atoms with Gasteiger partial charge in [-0.3, -0.25) is 0 Å². The third-order valence-corrected chi connectivity index (χ3v) is 7.33. The number of hydrogen-bond acceptors (Lipinski definition) is 7. The van der Waals surface area contributed by atoms with Crippen LogP contribution in [0.15, 0.2) is 60.8 Å². The van der Waals surface area contributed by atoms with Crippen LogP contribution in [0.3, 0.4) is 0 Å². The zero-order valence-corrected chi connectivity index (χ0v) is 22.7. The molecule has 0 spiro atoms. The van der Waals surface area contributed by atoms with Crippen LogP contribution in [-0.4, -0.2) is 42.4 Å². The maximum Gasteiger partial charge on any atom is 0.217 e. The SMILES string of the molecule is OC(O)c1ccc2nc(Cc3ccc(-c4nccc(OCc5ccc(Cl)cc5F)n4)cc3F)n(C[C@@H]3CCO3)c2c1F. The molecule has 1 aliphatic rings. The first-order valence-corrected chi connectivity index (χ1v) is 13.5. The molecule has 0 saturated carbocycles. The number of aliphatic hydroxyl groups is 2. The highest BCUT2D eigenvalue weighted by atomic mass is 35.5. The highest BCUT2D eigenvalue weighted by Crippen LogP contribution is 2.29. The van der Waals surface area contributed by atoms with Crippen molar-refractivity contribution in [1.82, 2.24) is 19.5 Å². The third-order valence-electron chi connectivity index (χ3n) is 7.09. The molecule has 0 bridgehead atoms. The van der Waals surface area contributed by atoms with E-state index in [0.29, 0.717) is 34.6 Å². The van der Waals surface area contributed by atoms with E-state index >= 15 is 8.78 Å². The molecule has 42 heavy (non-hydrogen) atoms. The lowest BCUT2D eigenvalue weighted by Gasteiger charge is -2.27. The van der Waals surface area contributed by atoms with Crippen molar-refractivity contribution in [2.45, 2.75) is 38.4 Å². The summed E-state index contributed by atoms with van der Waals surface area (Å²) in [6, 6.07) is 13.1. The number of ether oxygens (including phenoxy) is 2. The Morgan fingerprint density at radius 2 is 1.79 bits per heavy atom. The first-order valence-electron chi connectivity index (χ1n) is 13.1. The summed E-state index contributed by atoms with van der Waals surface area (Å²) in [5, 5.41) is 19.4. The molecule has 216 valence electrons. The van der Waals surface area contributed by atoms with E-state index in [0.717, 1.165) is 6.42 Å². The molecule has 1 saturated heterocycles. The van der Waals surface area contributed by atoms with Crippen molar-refractivity contribution in [3.63, 3.8) is 0 Å². The zero-order chi connectivity index (χ0) is 29.4. The summed E-state index contributed by atoms with van der Waals surface area (Å²) in [5.74, 6) is -1.05. The lowest BCUT2D eigenvalue weighted by molar-refractivity contribution is -0.0590. The summed E-state index contributed by atoms with van der Waals surface area (Å²) in [5.41, 5.74) is 1.14. The van der Waals surface area contributed by atoms with Crippen LogP contribution in [0.2, 0.25) is 5.02 Å². The molecule has 3 aromatic carbocycles. The van der Waals surface area contributed by atoms with Gasteiger partial charge in [0.1, 0.15) is 29.6 Å². The second-order valence-corrected chi connectivity index (χ2v) is 10.3. The minimum atomic E-state index is -1.99. The predicted octanol–water partition coefficient (Wildman–Crippen LogP) is 5.51. The van der Waals surface area contributed by atoms with E-state index in [1.54, 1.807) is 22.8 Å². The van der Waals surface area contributed by atoms with E-state index in [9.17, 15) is 14.6 Å². The largest absolute Gasteiger partial charge is 0.473 e. The number of aliphatic hydroxyl groups excluding tert-OH is 1. The number of benzene rings is 3. The van der Waals surface area contributed by atoms with Crippen LogP contribution in [0.1, 0.15) is 35.2 Å². The summed E-state index contributed by atoms with van der Waals surface area (Å²) in [4.78, 5) is 13.1. The average Bonchev–Trinajstić information content (AvgIpc) is 3.29. The van der Waals surface area contributed by atoms with Crippen molar-refractivity contribution in [2.75, 3.05) is 6.61 Å². The third kappa shape index (κ3) is 5.68. The topological polar surface area (TPSA) is 103 Å². The van der Waals surface area contributed by atoms with Gasteiger partial charge in [0.05, 0.1) is 18.2 Å². The second-order valence-electron chi connectivity index (χ2n) is 9.86. The van der Waals surface area contributed by atoms with E-state index in [2.05, 4.69) is 15.0 Å². The quantitative estimate of drug-likeness (QED) is 0.216. The van der Waals surface area contributed by atoms with Gasteiger partial charge >= 0.3 is 0 Å². The van der Waals surface area contributed by atoms with Crippen LogP contribution >= 0.6 is 11.6 Å². The molecule has 2 aromatic heterocycles. The van der Waals surface area contributed by atoms with Crippen molar-refractivity contribution < 1.29 is 32.9 Å². The molecule has 1 aliphatic heterocycles. The summed E-state index contributed by atoms with van der Waals surface area (Å²) in [6.07, 6.45) is 0.136. The minimum absolute atomic E-state index is 0.0423. The number of nitrogens with zero attached hydrogens (tertiary/aromatic N) is 4. The van der Waals surface area contributed by atoms with Gasteiger partial charge in [-0.15, -0.1) is 0 Å². The lowest BCUT2D eigenvalue weighted by atomic mass is 10.1. The van der Waals surface area contributed by atoms with E-state index in [1.165, 1.54) is 42.6 Å². The second kappa shape index (κ2) is 11.7. The molecule has 0 amide bonds. The van der Waals surface area contributed by atoms with Gasteiger partial charge in [0.25, 0.3) is 0 Å². The van der Waals surface area contributed by atoms with E-state index in [-0.39, 0.29) is 53.5 Å². The van der Waals surface area contributed by atoms with E-state index < -0.39 is 23.7 Å². The fraction of sp³-hybridized carbons (Fsp3) is 0.233. The lowest BCUT2D eigenvalue weighted by Crippen LogP contribution is -2.32. The fourth-order valence-electron chi connectivity index (χ4n) is 4.76. The van der Waals surface area contributed by atoms with Crippen molar-refractivity contribution in [3.8, 4) is 17.3 Å². The predicted molar refractivity (Wildman–Crippen MR) is 147 cm³/mol. The molecule has 12 heteroatoms. The molecular weight excluding hydrogens is 573 g/mol. The fourth-order valence-corrected chi connectivity index (χ4v) is 4.92. The average molecular weight is 597 g/mol. The Morgan fingerprint density at radius 1 is 1.00 bits per heavy atom. The Balaban J connectivity index is 1.25. The van der Waals surface area contributed by atoms with Crippen molar-refractivity contribution in [1.29, 1.82) is 0 Å². The number of halogens is 4. The zero-order valence-electron chi connectivity index (χ0n) is 22.0. The van der Waals surface area contributed by atoms with Crippen LogP contribution in [0.5, 0.6) is 5.88 Å². The van der Waals surface area contributed by atoms with Crippen molar-refractivity contribution >= 4 is 22.6 Å². The summed E-state index contributed by atoms with van der Waals surface area (Å²) < 4.78 is 57.6. The Hall–Kier alpha value is -4.03. The Labute approximate surface area is 243 Å².